The van der Waals surface area contributed by atoms with Gasteiger partial charge in [0.1, 0.15) is 0 Å². The molecule has 0 aliphatic heterocycles. The van der Waals surface area contributed by atoms with Crippen molar-refractivity contribution in [2.45, 2.75) is 83.7 Å². The number of nitrogens with zero attached hydrogens (tertiary/aromatic N) is 1. The number of aliphatic hydroxyl groups excluding tert-OH is 1. The zero-order valence-corrected chi connectivity index (χ0v) is 14.5. The fourth-order valence-corrected chi connectivity index (χ4v) is 3.71. The summed E-state index contributed by atoms with van der Waals surface area (Å²) in [5, 5.41) is 13.2. The van der Waals surface area contributed by atoms with Gasteiger partial charge in [0.2, 0.25) is 0 Å². The van der Waals surface area contributed by atoms with E-state index >= 15 is 0 Å². The van der Waals surface area contributed by atoms with E-state index in [2.05, 4.69) is 31.0 Å². The van der Waals surface area contributed by atoms with Gasteiger partial charge in [-0.3, -0.25) is 4.90 Å². The predicted molar refractivity (Wildman–Crippen MR) is 89.6 cm³/mol. The first-order valence-electron chi connectivity index (χ1n) is 9.04. The summed E-state index contributed by atoms with van der Waals surface area (Å²) in [4.78, 5) is 2.58. The molecule has 0 bridgehead atoms. The molecule has 2 aliphatic carbocycles. The first kappa shape index (κ1) is 17.2. The molecule has 2 N–H and O–H groups in total. The summed E-state index contributed by atoms with van der Waals surface area (Å²) in [6.07, 6.45) is 10.9. The number of hydrogen-bond acceptors (Lipinski definition) is 3. The van der Waals surface area contributed by atoms with Gasteiger partial charge in [-0.15, -0.1) is 0 Å². The van der Waals surface area contributed by atoms with Crippen LogP contribution in [-0.4, -0.2) is 47.8 Å². The van der Waals surface area contributed by atoms with Crippen LogP contribution >= 0.6 is 0 Å². The Balaban J connectivity index is 2.02. The minimum absolute atomic E-state index is 0.195. The molecule has 0 aromatic rings. The maximum atomic E-state index is 9.38. The Morgan fingerprint density at radius 2 is 1.71 bits per heavy atom. The molecule has 2 rings (SSSR count). The molecule has 0 heterocycles. The van der Waals surface area contributed by atoms with Gasteiger partial charge in [0.25, 0.3) is 0 Å². The highest BCUT2D eigenvalue weighted by atomic mass is 16.3. The molecule has 2 fully saturated rings. The molecule has 3 heteroatoms. The Kier molecular flexibility index (Phi) is 6.10. The summed E-state index contributed by atoms with van der Waals surface area (Å²) < 4.78 is 0. The van der Waals surface area contributed by atoms with Crippen LogP contribution in [0.2, 0.25) is 0 Å². The van der Waals surface area contributed by atoms with Crippen LogP contribution in [0.1, 0.15) is 72.1 Å². The average Bonchev–Trinajstić information content (AvgIpc) is 3.23. The van der Waals surface area contributed by atoms with Crippen LogP contribution in [0.5, 0.6) is 0 Å². The summed E-state index contributed by atoms with van der Waals surface area (Å²) in [5.74, 6) is 0. The zero-order chi connectivity index (χ0) is 15.3. The predicted octanol–water partition coefficient (Wildman–Crippen LogP) is 3.17. The minimum atomic E-state index is 0.195. The lowest BCUT2D eigenvalue weighted by Crippen LogP contribution is -2.49. The molecule has 124 valence electrons. The van der Waals surface area contributed by atoms with Gasteiger partial charge >= 0.3 is 0 Å². The molecule has 0 aromatic heterocycles. The van der Waals surface area contributed by atoms with Gasteiger partial charge in [-0.2, -0.15) is 0 Å². The topological polar surface area (TPSA) is 35.5 Å². The van der Waals surface area contributed by atoms with Crippen LogP contribution in [0.25, 0.3) is 0 Å². The lowest BCUT2D eigenvalue weighted by atomic mass is 9.79. The van der Waals surface area contributed by atoms with E-state index in [1.807, 2.05) is 0 Å². The maximum Gasteiger partial charge on any atom is 0.0558 e. The summed E-state index contributed by atoms with van der Waals surface area (Å²) in [5.41, 5.74) is 0.613. The third kappa shape index (κ3) is 5.88. The summed E-state index contributed by atoms with van der Waals surface area (Å²) >= 11 is 0. The van der Waals surface area contributed by atoms with Crippen LogP contribution in [0, 0.1) is 5.41 Å². The van der Waals surface area contributed by atoms with E-state index < -0.39 is 0 Å². The lowest BCUT2D eigenvalue weighted by molar-refractivity contribution is 0.0964. The van der Waals surface area contributed by atoms with Crippen molar-refractivity contribution in [2.75, 3.05) is 26.2 Å². The Labute approximate surface area is 131 Å². The molecule has 0 amide bonds. The number of hydrogen-bond donors (Lipinski definition) is 2. The van der Waals surface area contributed by atoms with Gasteiger partial charge in [0.15, 0.2) is 0 Å². The minimum Gasteiger partial charge on any atom is -0.395 e. The Bertz CT molecular complexity index is 299. The van der Waals surface area contributed by atoms with E-state index in [-0.39, 0.29) is 5.54 Å². The third-order valence-corrected chi connectivity index (χ3v) is 5.15. The van der Waals surface area contributed by atoms with Gasteiger partial charge in [0.05, 0.1) is 6.61 Å². The molecule has 0 unspecified atom stereocenters. The standard InChI is InChI=1S/C18H36N2O/c1-17(2,3)19-14-18(10-6-4-5-7-11-18)15-20(12-13-21)16-8-9-16/h16,19,21H,4-15H2,1-3H3. The van der Waals surface area contributed by atoms with Crippen LogP contribution < -0.4 is 5.32 Å². The smallest absolute Gasteiger partial charge is 0.0558 e. The van der Waals surface area contributed by atoms with E-state index in [0.717, 1.165) is 19.1 Å². The van der Waals surface area contributed by atoms with Crippen molar-refractivity contribution < 1.29 is 5.11 Å². The average molecular weight is 296 g/mol. The molecule has 0 radical (unpaired) electrons. The largest absolute Gasteiger partial charge is 0.395 e. The summed E-state index contributed by atoms with van der Waals surface area (Å²) in [7, 11) is 0. The first-order chi connectivity index (χ1) is 9.94. The Hall–Kier alpha value is -0.120. The van der Waals surface area contributed by atoms with Crippen molar-refractivity contribution in [3.63, 3.8) is 0 Å². The van der Waals surface area contributed by atoms with Crippen molar-refractivity contribution >= 4 is 0 Å². The van der Waals surface area contributed by atoms with Gasteiger partial charge in [-0.25, -0.2) is 0 Å². The van der Waals surface area contributed by atoms with Crippen LogP contribution in [0.4, 0.5) is 0 Å². The van der Waals surface area contributed by atoms with Crippen molar-refractivity contribution in [3.8, 4) is 0 Å². The van der Waals surface area contributed by atoms with E-state index in [0.29, 0.717) is 12.0 Å². The zero-order valence-electron chi connectivity index (χ0n) is 14.5. The van der Waals surface area contributed by atoms with Crippen molar-refractivity contribution in [1.29, 1.82) is 0 Å². The highest BCUT2D eigenvalue weighted by Crippen LogP contribution is 2.38. The second kappa shape index (κ2) is 7.43. The Morgan fingerprint density at radius 3 is 2.19 bits per heavy atom. The lowest BCUT2D eigenvalue weighted by Gasteiger charge is -2.40. The van der Waals surface area contributed by atoms with Gasteiger partial charge < -0.3 is 10.4 Å². The molecule has 2 aliphatic rings. The number of rotatable bonds is 7. The second-order valence-corrected chi connectivity index (χ2v) is 8.44. The highest BCUT2D eigenvalue weighted by molar-refractivity contribution is 4.93. The second-order valence-electron chi connectivity index (χ2n) is 8.44. The normalized spacial score (nSPS) is 23.3. The molecule has 0 saturated heterocycles. The van der Waals surface area contributed by atoms with E-state index in [1.54, 1.807) is 0 Å². The number of nitrogens with one attached hydrogen (secondary N) is 1. The monoisotopic (exact) mass is 296 g/mol. The van der Waals surface area contributed by atoms with Crippen LogP contribution in [-0.2, 0) is 0 Å². The molecular weight excluding hydrogens is 260 g/mol. The van der Waals surface area contributed by atoms with E-state index in [4.69, 9.17) is 0 Å². The number of aliphatic hydroxyl groups is 1. The van der Waals surface area contributed by atoms with Crippen molar-refractivity contribution in [2.24, 2.45) is 5.41 Å². The maximum absolute atomic E-state index is 9.38. The molecule has 0 spiro atoms. The fourth-order valence-electron chi connectivity index (χ4n) is 3.71. The van der Waals surface area contributed by atoms with E-state index in [9.17, 15) is 5.11 Å². The highest BCUT2D eigenvalue weighted by Gasteiger charge is 2.38. The summed E-state index contributed by atoms with van der Waals surface area (Å²) in [6.45, 7) is 10.3. The Morgan fingerprint density at radius 1 is 1.10 bits per heavy atom. The SMILES string of the molecule is CC(C)(C)NCC1(CN(CCO)C2CC2)CCCCCC1. The molecule has 3 nitrogen and oxygen atoms in total. The molecular formula is C18H36N2O. The van der Waals surface area contributed by atoms with Gasteiger partial charge in [-0.05, 0) is 51.9 Å². The fraction of sp³-hybridized carbons (Fsp3) is 1.00. The quantitative estimate of drug-likeness (QED) is 0.708. The molecule has 21 heavy (non-hydrogen) atoms. The van der Waals surface area contributed by atoms with Gasteiger partial charge in [0, 0.05) is 31.2 Å². The van der Waals surface area contributed by atoms with Crippen LogP contribution in [0.15, 0.2) is 0 Å². The molecule has 0 atom stereocenters. The van der Waals surface area contributed by atoms with Crippen molar-refractivity contribution in [1.82, 2.24) is 10.2 Å². The molecule has 2 saturated carbocycles. The molecule has 0 aromatic carbocycles. The van der Waals surface area contributed by atoms with E-state index in [1.165, 1.54) is 57.9 Å². The van der Waals surface area contributed by atoms with Crippen molar-refractivity contribution in [3.05, 3.63) is 0 Å². The summed E-state index contributed by atoms with van der Waals surface area (Å²) in [6, 6.07) is 0.756. The van der Waals surface area contributed by atoms with Gasteiger partial charge in [-0.1, -0.05) is 25.7 Å². The van der Waals surface area contributed by atoms with Crippen LogP contribution in [0.3, 0.4) is 0 Å². The third-order valence-electron chi connectivity index (χ3n) is 5.15. The first-order valence-corrected chi connectivity index (χ1v) is 9.04.